The first kappa shape index (κ1) is 17.6. The molecule has 0 unspecified atom stereocenters. The van der Waals surface area contributed by atoms with Crippen LogP contribution in [0, 0.1) is 0 Å². The summed E-state index contributed by atoms with van der Waals surface area (Å²) in [6, 6.07) is 5.44. The van der Waals surface area contributed by atoms with Crippen molar-refractivity contribution in [2.24, 2.45) is 0 Å². The average Bonchev–Trinajstić information content (AvgIpc) is 2.95. The molecule has 0 aliphatic carbocycles. The van der Waals surface area contributed by atoms with Crippen molar-refractivity contribution >= 4 is 29.2 Å². The molecule has 2 aromatic rings. The third kappa shape index (κ3) is 4.88. The molecule has 1 N–H and O–H groups in total. The minimum Gasteiger partial charge on any atom is -0.338 e. The van der Waals surface area contributed by atoms with Gasteiger partial charge < -0.3 is 14.8 Å². The Hall–Kier alpha value is -1.72. The minimum absolute atomic E-state index is 0.101. The number of amides is 2. The van der Waals surface area contributed by atoms with Crippen LogP contribution in [0.5, 0.6) is 0 Å². The van der Waals surface area contributed by atoms with E-state index in [2.05, 4.69) is 10.3 Å². The van der Waals surface area contributed by atoms with E-state index in [4.69, 9.17) is 23.2 Å². The summed E-state index contributed by atoms with van der Waals surface area (Å²) in [5.74, 6) is 0.810. The third-order valence-corrected chi connectivity index (χ3v) is 4.13. The lowest BCUT2D eigenvalue weighted by atomic mass is 10.2. The van der Waals surface area contributed by atoms with Gasteiger partial charge in [-0.3, -0.25) is 0 Å². The second-order valence-corrected chi connectivity index (χ2v) is 6.12. The van der Waals surface area contributed by atoms with Crippen LogP contribution in [0.1, 0.15) is 24.7 Å². The van der Waals surface area contributed by atoms with E-state index in [1.807, 2.05) is 29.8 Å². The van der Waals surface area contributed by atoms with Gasteiger partial charge in [-0.05, 0) is 24.1 Å². The SMILES string of the molecule is CCCNC(=O)N(C)Cc1nccn1Cc1ccc(Cl)c(Cl)c1. The number of rotatable bonds is 6. The van der Waals surface area contributed by atoms with E-state index in [1.54, 1.807) is 24.2 Å². The summed E-state index contributed by atoms with van der Waals surface area (Å²) in [4.78, 5) is 17.9. The van der Waals surface area contributed by atoms with Crippen LogP contribution in [0.3, 0.4) is 0 Å². The maximum absolute atomic E-state index is 11.9. The van der Waals surface area contributed by atoms with Gasteiger partial charge in [0.15, 0.2) is 0 Å². The predicted octanol–water partition coefficient (Wildman–Crippen LogP) is 3.79. The van der Waals surface area contributed by atoms with Crippen LogP contribution in [-0.2, 0) is 13.1 Å². The Balaban J connectivity index is 2.04. The molecule has 0 bridgehead atoms. The number of carbonyl (C=O) groups excluding carboxylic acids is 1. The van der Waals surface area contributed by atoms with E-state index >= 15 is 0 Å². The molecule has 5 nitrogen and oxygen atoms in total. The van der Waals surface area contributed by atoms with Gasteiger partial charge in [-0.15, -0.1) is 0 Å². The number of nitrogens with zero attached hydrogens (tertiary/aromatic N) is 3. The first-order valence-corrected chi connectivity index (χ1v) is 8.19. The van der Waals surface area contributed by atoms with Gasteiger partial charge in [0.2, 0.25) is 0 Å². The Kier molecular flexibility index (Phi) is 6.30. The molecule has 0 aliphatic rings. The molecule has 124 valence electrons. The lowest BCUT2D eigenvalue weighted by Gasteiger charge is -2.18. The van der Waals surface area contributed by atoms with Crippen LogP contribution in [0.4, 0.5) is 4.79 Å². The Morgan fingerprint density at radius 2 is 2.13 bits per heavy atom. The molecule has 23 heavy (non-hydrogen) atoms. The van der Waals surface area contributed by atoms with Crippen LogP contribution in [-0.4, -0.2) is 34.1 Å². The van der Waals surface area contributed by atoms with Crippen LogP contribution < -0.4 is 5.32 Å². The van der Waals surface area contributed by atoms with Crippen molar-refractivity contribution < 1.29 is 4.79 Å². The normalized spacial score (nSPS) is 10.6. The zero-order valence-electron chi connectivity index (χ0n) is 13.2. The molecule has 7 heteroatoms. The van der Waals surface area contributed by atoms with Gasteiger partial charge in [-0.25, -0.2) is 9.78 Å². The lowest BCUT2D eigenvalue weighted by Crippen LogP contribution is -2.37. The first-order chi connectivity index (χ1) is 11.0. The monoisotopic (exact) mass is 354 g/mol. The van der Waals surface area contributed by atoms with E-state index in [0.717, 1.165) is 17.8 Å². The largest absolute Gasteiger partial charge is 0.338 e. The van der Waals surface area contributed by atoms with Gasteiger partial charge in [0, 0.05) is 32.5 Å². The Morgan fingerprint density at radius 1 is 1.35 bits per heavy atom. The molecule has 1 heterocycles. The summed E-state index contributed by atoms with van der Waals surface area (Å²) in [7, 11) is 1.75. The van der Waals surface area contributed by atoms with Gasteiger partial charge in [0.1, 0.15) is 5.82 Å². The second kappa shape index (κ2) is 8.22. The fraction of sp³-hybridized carbons (Fsp3) is 0.375. The lowest BCUT2D eigenvalue weighted by molar-refractivity contribution is 0.205. The number of imidazole rings is 1. The van der Waals surface area contributed by atoms with Crippen molar-refractivity contribution in [3.8, 4) is 0 Å². The number of halogens is 2. The summed E-state index contributed by atoms with van der Waals surface area (Å²) < 4.78 is 1.99. The quantitative estimate of drug-likeness (QED) is 0.857. The van der Waals surface area contributed by atoms with Gasteiger partial charge >= 0.3 is 6.03 Å². The van der Waals surface area contributed by atoms with Gasteiger partial charge in [0.25, 0.3) is 0 Å². The number of hydrogen-bond donors (Lipinski definition) is 1. The highest BCUT2D eigenvalue weighted by Gasteiger charge is 2.12. The molecule has 1 aromatic carbocycles. The summed E-state index contributed by atoms with van der Waals surface area (Å²) in [6.45, 7) is 3.74. The predicted molar refractivity (Wildman–Crippen MR) is 92.9 cm³/mol. The van der Waals surface area contributed by atoms with Crippen LogP contribution in [0.25, 0.3) is 0 Å². The topological polar surface area (TPSA) is 50.2 Å². The van der Waals surface area contributed by atoms with E-state index in [9.17, 15) is 4.79 Å². The number of nitrogens with one attached hydrogen (secondary N) is 1. The Labute approximate surface area is 146 Å². The molecular formula is C16H20Cl2N4O. The molecule has 2 amide bonds. The maximum atomic E-state index is 11.9. The van der Waals surface area contributed by atoms with E-state index < -0.39 is 0 Å². The van der Waals surface area contributed by atoms with Crippen LogP contribution in [0.2, 0.25) is 10.0 Å². The Morgan fingerprint density at radius 3 is 2.83 bits per heavy atom. The van der Waals surface area contributed by atoms with E-state index in [1.165, 1.54) is 0 Å². The fourth-order valence-electron chi connectivity index (χ4n) is 2.12. The highest BCUT2D eigenvalue weighted by molar-refractivity contribution is 6.42. The highest BCUT2D eigenvalue weighted by atomic mass is 35.5. The van der Waals surface area contributed by atoms with Crippen molar-refractivity contribution in [1.29, 1.82) is 0 Å². The second-order valence-electron chi connectivity index (χ2n) is 5.31. The highest BCUT2D eigenvalue weighted by Crippen LogP contribution is 2.23. The summed E-state index contributed by atoms with van der Waals surface area (Å²) in [5, 5.41) is 3.91. The molecule has 0 saturated carbocycles. The molecule has 0 fully saturated rings. The van der Waals surface area contributed by atoms with E-state index in [0.29, 0.717) is 29.7 Å². The first-order valence-electron chi connectivity index (χ1n) is 7.44. The third-order valence-electron chi connectivity index (χ3n) is 3.39. The Bertz CT molecular complexity index is 672. The van der Waals surface area contributed by atoms with Crippen LogP contribution in [0.15, 0.2) is 30.6 Å². The fourth-order valence-corrected chi connectivity index (χ4v) is 2.44. The van der Waals surface area contributed by atoms with Crippen molar-refractivity contribution in [2.45, 2.75) is 26.4 Å². The summed E-state index contributed by atoms with van der Waals surface area (Å²) in [5.41, 5.74) is 1.02. The average molecular weight is 355 g/mol. The molecule has 1 aromatic heterocycles. The smallest absolute Gasteiger partial charge is 0.317 e. The number of urea groups is 1. The molecular weight excluding hydrogens is 335 g/mol. The van der Waals surface area contributed by atoms with Gasteiger partial charge in [-0.1, -0.05) is 36.2 Å². The number of hydrogen-bond acceptors (Lipinski definition) is 2. The molecule has 0 atom stereocenters. The molecule has 2 rings (SSSR count). The van der Waals surface area contributed by atoms with Gasteiger partial charge in [0.05, 0.1) is 16.6 Å². The number of carbonyl (C=O) groups is 1. The van der Waals surface area contributed by atoms with Gasteiger partial charge in [-0.2, -0.15) is 0 Å². The molecule has 0 radical (unpaired) electrons. The molecule has 0 aliphatic heterocycles. The van der Waals surface area contributed by atoms with Crippen molar-refractivity contribution in [2.75, 3.05) is 13.6 Å². The summed E-state index contributed by atoms with van der Waals surface area (Å²) >= 11 is 12.0. The van der Waals surface area contributed by atoms with Crippen molar-refractivity contribution in [1.82, 2.24) is 19.8 Å². The number of benzene rings is 1. The molecule has 0 spiro atoms. The summed E-state index contributed by atoms with van der Waals surface area (Å²) in [6.07, 6.45) is 4.52. The number of aromatic nitrogens is 2. The van der Waals surface area contributed by atoms with Crippen LogP contribution >= 0.6 is 23.2 Å². The maximum Gasteiger partial charge on any atom is 0.317 e. The zero-order chi connectivity index (χ0) is 16.8. The van der Waals surface area contributed by atoms with Crippen molar-refractivity contribution in [3.63, 3.8) is 0 Å². The minimum atomic E-state index is -0.101. The molecule has 0 saturated heterocycles. The standard InChI is InChI=1S/C16H20Cl2N4O/c1-3-6-20-16(23)21(2)11-15-19-7-8-22(15)10-12-4-5-13(17)14(18)9-12/h4-5,7-9H,3,6,10-11H2,1-2H3,(H,20,23). The van der Waals surface area contributed by atoms with E-state index in [-0.39, 0.29) is 6.03 Å². The zero-order valence-corrected chi connectivity index (χ0v) is 14.7. The van der Waals surface area contributed by atoms with Crippen molar-refractivity contribution in [3.05, 3.63) is 52.0 Å².